The number of halogens is 1. The Hall–Kier alpha value is -1.62. The van der Waals surface area contributed by atoms with Gasteiger partial charge in [0.05, 0.1) is 14.2 Å². The van der Waals surface area contributed by atoms with Gasteiger partial charge in [-0.1, -0.05) is 12.1 Å². The van der Waals surface area contributed by atoms with Crippen LogP contribution in [-0.4, -0.2) is 20.2 Å². The summed E-state index contributed by atoms with van der Waals surface area (Å²) in [4.78, 5) is 11.1. The molecular weight excluding hydrogens is 201 g/mol. The standard InChI is InChI=1S/C10H12FNO3/c1-14-7-5-3-4-6(8(7)11)9(12)10(13)15-2/h3-5,9H,12H2,1-2H3/t9-/m0/s1. The summed E-state index contributed by atoms with van der Waals surface area (Å²) < 4.78 is 22.8. The number of benzene rings is 1. The zero-order chi connectivity index (χ0) is 11.4. The predicted octanol–water partition coefficient (Wildman–Crippen LogP) is 1.01. The highest BCUT2D eigenvalue weighted by Crippen LogP contribution is 2.24. The average molecular weight is 213 g/mol. The molecule has 0 aromatic heterocycles. The lowest BCUT2D eigenvalue weighted by molar-refractivity contribution is -0.142. The number of methoxy groups -OCH3 is 2. The molecule has 0 heterocycles. The minimum atomic E-state index is -1.13. The summed E-state index contributed by atoms with van der Waals surface area (Å²) >= 11 is 0. The minimum absolute atomic E-state index is 0.0480. The fraction of sp³-hybridized carbons (Fsp3) is 0.300. The van der Waals surface area contributed by atoms with Crippen LogP contribution in [0.1, 0.15) is 11.6 Å². The molecule has 15 heavy (non-hydrogen) atoms. The van der Waals surface area contributed by atoms with Crippen molar-refractivity contribution >= 4 is 5.97 Å². The summed E-state index contributed by atoms with van der Waals surface area (Å²) in [5.74, 6) is -1.29. The summed E-state index contributed by atoms with van der Waals surface area (Å²) in [5, 5.41) is 0. The van der Waals surface area contributed by atoms with E-state index in [1.54, 1.807) is 6.07 Å². The Bertz CT molecular complexity index is 368. The topological polar surface area (TPSA) is 61.5 Å². The van der Waals surface area contributed by atoms with Crippen molar-refractivity contribution in [3.05, 3.63) is 29.6 Å². The van der Waals surface area contributed by atoms with Crippen molar-refractivity contribution < 1.29 is 18.7 Å². The quantitative estimate of drug-likeness (QED) is 0.761. The molecule has 0 unspecified atom stereocenters. The van der Waals surface area contributed by atoms with Crippen molar-refractivity contribution in [1.29, 1.82) is 0 Å². The van der Waals surface area contributed by atoms with E-state index in [9.17, 15) is 9.18 Å². The lowest BCUT2D eigenvalue weighted by Gasteiger charge is -2.12. The monoisotopic (exact) mass is 213 g/mol. The molecule has 0 aliphatic heterocycles. The van der Waals surface area contributed by atoms with Crippen molar-refractivity contribution in [1.82, 2.24) is 0 Å². The third-order valence-corrected chi connectivity index (χ3v) is 2.00. The van der Waals surface area contributed by atoms with Crippen molar-refractivity contribution in [3.63, 3.8) is 0 Å². The molecule has 1 atom stereocenters. The molecule has 82 valence electrons. The largest absolute Gasteiger partial charge is 0.494 e. The van der Waals surface area contributed by atoms with Crippen LogP contribution in [0.25, 0.3) is 0 Å². The molecule has 0 saturated heterocycles. The van der Waals surface area contributed by atoms with Gasteiger partial charge in [-0.25, -0.2) is 4.39 Å². The summed E-state index contributed by atoms with van der Waals surface area (Å²) in [6, 6.07) is 3.28. The number of carbonyl (C=O) groups excluding carboxylic acids is 1. The van der Waals surface area contributed by atoms with Crippen LogP contribution in [0.4, 0.5) is 4.39 Å². The normalized spacial score (nSPS) is 12.0. The van der Waals surface area contributed by atoms with E-state index < -0.39 is 17.8 Å². The van der Waals surface area contributed by atoms with E-state index in [1.165, 1.54) is 26.4 Å². The van der Waals surface area contributed by atoms with Gasteiger partial charge in [-0.05, 0) is 6.07 Å². The summed E-state index contributed by atoms with van der Waals surface area (Å²) in [5.41, 5.74) is 5.56. The number of ether oxygens (including phenoxy) is 2. The second kappa shape index (κ2) is 4.75. The number of hydrogen-bond donors (Lipinski definition) is 1. The average Bonchev–Trinajstić information content (AvgIpc) is 2.27. The van der Waals surface area contributed by atoms with Gasteiger partial charge in [-0.2, -0.15) is 0 Å². The smallest absolute Gasteiger partial charge is 0.327 e. The van der Waals surface area contributed by atoms with Gasteiger partial charge in [0.25, 0.3) is 0 Å². The molecule has 4 nitrogen and oxygen atoms in total. The number of hydrogen-bond acceptors (Lipinski definition) is 4. The van der Waals surface area contributed by atoms with Gasteiger partial charge < -0.3 is 15.2 Å². The Kier molecular flexibility index (Phi) is 3.62. The second-order valence-corrected chi connectivity index (χ2v) is 2.86. The highest BCUT2D eigenvalue weighted by atomic mass is 19.1. The number of carbonyl (C=O) groups is 1. The van der Waals surface area contributed by atoms with Crippen molar-refractivity contribution in [2.45, 2.75) is 6.04 Å². The molecule has 0 aliphatic carbocycles. The van der Waals surface area contributed by atoms with E-state index >= 15 is 0 Å². The Balaban J connectivity index is 3.09. The summed E-state index contributed by atoms with van der Waals surface area (Å²) in [7, 11) is 2.53. The first kappa shape index (κ1) is 11.5. The second-order valence-electron chi connectivity index (χ2n) is 2.86. The SMILES string of the molecule is COC(=O)[C@@H](N)c1cccc(OC)c1F. The van der Waals surface area contributed by atoms with Gasteiger partial charge in [0, 0.05) is 5.56 Å². The molecule has 0 aliphatic rings. The lowest BCUT2D eigenvalue weighted by Crippen LogP contribution is -2.23. The van der Waals surface area contributed by atoms with E-state index in [0.717, 1.165) is 0 Å². The van der Waals surface area contributed by atoms with Crippen LogP contribution >= 0.6 is 0 Å². The first-order chi connectivity index (χ1) is 7.11. The Morgan fingerprint density at radius 2 is 2.13 bits per heavy atom. The Morgan fingerprint density at radius 3 is 2.67 bits per heavy atom. The van der Waals surface area contributed by atoms with Crippen LogP contribution in [0.15, 0.2) is 18.2 Å². The lowest BCUT2D eigenvalue weighted by atomic mass is 10.1. The zero-order valence-corrected chi connectivity index (χ0v) is 8.49. The molecule has 5 heteroatoms. The third-order valence-electron chi connectivity index (χ3n) is 2.00. The van der Waals surface area contributed by atoms with Crippen molar-refractivity contribution in [2.24, 2.45) is 5.73 Å². The molecule has 1 aromatic rings. The molecule has 0 bridgehead atoms. The van der Waals surface area contributed by atoms with Crippen LogP contribution in [0.5, 0.6) is 5.75 Å². The molecular formula is C10H12FNO3. The number of nitrogens with two attached hydrogens (primary N) is 1. The van der Waals surface area contributed by atoms with Crippen LogP contribution in [0, 0.1) is 5.82 Å². The van der Waals surface area contributed by atoms with Crippen LogP contribution < -0.4 is 10.5 Å². The fourth-order valence-electron chi connectivity index (χ4n) is 1.18. The van der Waals surface area contributed by atoms with Crippen LogP contribution in [0.2, 0.25) is 0 Å². The van der Waals surface area contributed by atoms with E-state index in [0.29, 0.717) is 0 Å². The molecule has 0 radical (unpaired) electrons. The maximum Gasteiger partial charge on any atom is 0.327 e. The first-order valence-electron chi connectivity index (χ1n) is 4.27. The van der Waals surface area contributed by atoms with Gasteiger partial charge in [0.2, 0.25) is 0 Å². The zero-order valence-electron chi connectivity index (χ0n) is 8.49. The van der Waals surface area contributed by atoms with E-state index in [1.807, 2.05) is 0 Å². The van der Waals surface area contributed by atoms with Gasteiger partial charge >= 0.3 is 5.97 Å². The summed E-state index contributed by atoms with van der Waals surface area (Å²) in [6.45, 7) is 0. The maximum atomic E-state index is 13.6. The molecule has 0 spiro atoms. The predicted molar refractivity (Wildman–Crippen MR) is 51.9 cm³/mol. The van der Waals surface area contributed by atoms with Crippen molar-refractivity contribution in [2.75, 3.05) is 14.2 Å². The third kappa shape index (κ3) is 2.24. The number of esters is 1. The minimum Gasteiger partial charge on any atom is -0.494 e. The van der Waals surface area contributed by atoms with Crippen molar-refractivity contribution in [3.8, 4) is 5.75 Å². The van der Waals surface area contributed by atoms with Gasteiger partial charge in [0.15, 0.2) is 11.6 Å². The van der Waals surface area contributed by atoms with E-state index in [4.69, 9.17) is 10.5 Å². The van der Waals surface area contributed by atoms with Gasteiger partial charge in [-0.15, -0.1) is 0 Å². The molecule has 0 fully saturated rings. The highest BCUT2D eigenvalue weighted by Gasteiger charge is 2.21. The van der Waals surface area contributed by atoms with Crippen LogP contribution in [0.3, 0.4) is 0 Å². The fourth-order valence-corrected chi connectivity index (χ4v) is 1.18. The molecule has 2 N–H and O–H groups in total. The first-order valence-corrected chi connectivity index (χ1v) is 4.27. The molecule has 1 aromatic carbocycles. The highest BCUT2D eigenvalue weighted by molar-refractivity contribution is 5.77. The molecule has 1 rings (SSSR count). The van der Waals surface area contributed by atoms with Gasteiger partial charge in [-0.3, -0.25) is 4.79 Å². The Labute approximate surface area is 86.8 Å². The van der Waals surface area contributed by atoms with E-state index in [2.05, 4.69) is 4.74 Å². The summed E-state index contributed by atoms with van der Waals surface area (Å²) in [6.07, 6.45) is 0. The van der Waals surface area contributed by atoms with Gasteiger partial charge in [0.1, 0.15) is 6.04 Å². The molecule has 0 amide bonds. The Morgan fingerprint density at radius 1 is 1.47 bits per heavy atom. The molecule has 0 saturated carbocycles. The van der Waals surface area contributed by atoms with E-state index in [-0.39, 0.29) is 11.3 Å². The maximum absolute atomic E-state index is 13.6. The van der Waals surface area contributed by atoms with Crippen LogP contribution in [-0.2, 0) is 9.53 Å². The number of rotatable bonds is 3.